The van der Waals surface area contributed by atoms with E-state index in [1.165, 1.54) is 0 Å². The summed E-state index contributed by atoms with van der Waals surface area (Å²) < 4.78 is 10.8. The normalized spacial score (nSPS) is 10.9. The highest BCUT2D eigenvalue weighted by Gasteiger charge is 2.10. The van der Waals surface area contributed by atoms with Gasteiger partial charge >= 0.3 is 0 Å². The molecule has 0 bridgehead atoms. The van der Waals surface area contributed by atoms with Crippen LogP contribution in [0.3, 0.4) is 0 Å². The number of rotatable bonds is 11. The van der Waals surface area contributed by atoms with Crippen LogP contribution in [-0.4, -0.2) is 56.5 Å². The van der Waals surface area contributed by atoms with Crippen LogP contribution in [-0.2, 0) is 14.3 Å². The van der Waals surface area contributed by atoms with Gasteiger partial charge in [-0.05, 0) is 27.7 Å². The van der Waals surface area contributed by atoms with Crippen LogP contribution in [0.15, 0.2) is 0 Å². The number of hydrogen-bond acceptors (Lipinski definition) is 4. The van der Waals surface area contributed by atoms with Gasteiger partial charge in [0.15, 0.2) is 6.29 Å². The smallest absolute Gasteiger partial charge is 0.236 e. The number of amides is 1. The third-order valence-electron chi connectivity index (χ3n) is 2.65. The van der Waals surface area contributed by atoms with E-state index in [-0.39, 0.29) is 12.2 Å². The Balaban J connectivity index is 3.72. The predicted octanol–water partition coefficient (Wildman–Crippen LogP) is 1.23. The summed E-state index contributed by atoms with van der Waals surface area (Å²) in [7, 11) is 0. The van der Waals surface area contributed by atoms with Gasteiger partial charge in [0.25, 0.3) is 0 Å². The molecule has 0 spiro atoms. The Morgan fingerprint density at radius 1 is 1.11 bits per heavy atom. The molecule has 0 aliphatic carbocycles. The van der Waals surface area contributed by atoms with Crippen molar-refractivity contribution in [3.8, 4) is 0 Å². The van der Waals surface area contributed by atoms with E-state index in [4.69, 9.17) is 9.47 Å². The third-order valence-corrected chi connectivity index (χ3v) is 2.65. The molecule has 5 heteroatoms. The summed E-state index contributed by atoms with van der Waals surface area (Å²) in [5, 5.41) is 3.13. The molecule has 0 heterocycles. The van der Waals surface area contributed by atoms with Crippen LogP contribution in [0.2, 0.25) is 0 Å². The van der Waals surface area contributed by atoms with Crippen molar-refractivity contribution in [1.29, 1.82) is 0 Å². The van der Waals surface area contributed by atoms with Crippen LogP contribution in [0.4, 0.5) is 0 Å². The molecule has 108 valence electrons. The quantitative estimate of drug-likeness (QED) is 0.448. The molecule has 0 unspecified atom stereocenters. The summed E-state index contributed by atoms with van der Waals surface area (Å²) in [5.41, 5.74) is 0. The average Bonchev–Trinajstić information content (AvgIpc) is 2.36. The molecule has 5 nitrogen and oxygen atoms in total. The van der Waals surface area contributed by atoms with Crippen LogP contribution in [0.5, 0.6) is 0 Å². The second-order valence-corrected chi connectivity index (χ2v) is 3.87. The van der Waals surface area contributed by atoms with Crippen molar-refractivity contribution in [3.05, 3.63) is 0 Å². The topological polar surface area (TPSA) is 50.8 Å². The summed E-state index contributed by atoms with van der Waals surface area (Å²) in [6.07, 6.45) is 0.587. The fraction of sp³-hybridized carbons (Fsp3) is 0.923. The number of carbonyl (C=O) groups excluding carboxylic acids is 1. The molecule has 0 radical (unpaired) electrons. The van der Waals surface area contributed by atoms with Gasteiger partial charge in [0.1, 0.15) is 0 Å². The van der Waals surface area contributed by atoms with Crippen molar-refractivity contribution in [2.24, 2.45) is 0 Å². The highest BCUT2D eigenvalue weighted by Crippen LogP contribution is 1.99. The van der Waals surface area contributed by atoms with Crippen molar-refractivity contribution < 1.29 is 14.3 Å². The average molecular weight is 260 g/mol. The van der Waals surface area contributed by atoms with Crippen molar-refractivity contribution >= 4 is 5.91 Å². The van der Waals surface area contributed by atoms with Gasteiger partial charge in [-0.2, -0.15) is 0 Å². The molecule has 0 aromatic rings. The van der Waals surface area contributed by atoms with Crippen molar-refractivity contribution in [1.82, 2.24) is 10.2 Å². The molecule has 18 heavy (non-hydrogen) atoms. The van der Waals surface area contributed by atoms with Crippen LogP contribution >= 0.6 is 0 Å². The van der Waals surface area contributed by atoms with Gasteiger partial charge in [-0.3, -0.25) is 4.79 Å². The lowest BCUT2D eigenvalue weighted by atomic mass is 10.4. The van der Waals surface area contributed by atoms with E-state index < -0.39 is 0 Å². The maximum absolute atomic E-state index is 11.7. The highest BCUT2D eigenvalue weighted by molar-refractivity contribution is 5.78. The van der Waals surface area contributed by atoms with Crippen molar-refractivity contribution in [3.63, 3.8) is 0 Å². The minimum atomic E-state index is -0.170. The Morgan fingerprint density at radius 3 is 2.11 bits per heavy atom. The third kappa shape index (κ3) is 7.63. The molecule has 1 N–H and O–H groups in total. The molecule has 1 amide bonds. The van der Waals surface area contributed by atoms with E-state index in [0.29, 0.717) is 19.8 Å². The second-order valence-electron chi connectivity index (χ2n) is 3.87. The van der Waals surface area contributed by atoms with Gasteiger partial charge in [0.2, 0.25) is 5.91 Å². The lowest BCUT2D eigenvalue weighted by molar-refractivity contribution is -0.139. The Bertz CT molecular complexity index is 202. The zero-order chi connectivity index (χ0) is 13.8. The fourth-order valence-corrected chi connectivity index (χ4v) is 1.69. The molecule has 0 aromatic carbocycles. The van der Waals surface area contributed by atoms with Gasteiger partial charge in [-0.15, -0.1) is 0 Å². The summed E-state index contributed by atoms with van der Waals surface area (Å²) in [4.78, 5) is 13.5. The van der Waals surface area contributed by atoms with Gasteiger partial charge in [0.05, 0.1) is 6.54 Å². The SMILES string of the molecule is CCOC(CCNCC(=O)N(CC)CC)OCC. The standard InChI is InChI=1S/C13H28N2O3/c1-5-15(6-2)12(16)11-14-10-9-13(17-7-3)18-8-4/h13-14H,5-11H2,1-4H3. The molecule has 0 aliphatic heterocycles. The van der Waals surface area contributed by atoms with Gasteiger partial charge in [-0.1, -0.05) is 0 Å². The lowest BCUT2D eigenvalue weighted by Gasteiger charge is -2.20. The van der Waals surface area contributed by atoms with Crippen LogP contribution in [0.25, 0.3) is 0 Å². The molecule has 0 atom stereocenters. The Hall–Kier alpha value is -0.650. The lowest BCUT2D eigenvalue weighted by Crippen LogP contribution is -2.38. The number of hydrogen-bond donors (Lipinski definition) is 1. The maximum Gasteiger partial charge on any atom is 0.236 e. The molecular formula is C13H28N2O3. The molecule has 0 aliphatic rings. The maximum atomic E-state index is 11.7. The highest BCUT2D eigenvalue weighted by atomic mass is 16.7. The Kier molecular flexibility index (Phi) is 11.0. The van der Waals surface area contributed by atoms with E-state index in [2.05, 4.69) is 5.32 Å². The Morgan fingerprint density at radius 2 is 1.67 bits per heavy atom. The molecular weight excluding hydrogens is 232 g/mol. The van der Waals surface area contributed by atoms with Crippen LogP contribution in [0, 0.1) is 0 Å². The summed E-state index contributed by atoms with van der Waals surface area (Å²) in [5.74, 6) is 0.143. The van der Waals surface area contributed by atoms with E-state index in [0.717, 1.165) is 26.1 Å². The first kappa shape index (κ1) is 17.4. The first-order valence-electron chi connectivity index (χ1n) is 6.91. The first-order valence-corrected chi connectivity index (χ1v) is 6.91. The van der Waals surface area contributed by atoms with Crippen LogP contribution < -0.4 is 5.32 Å². The molecule has 0 saturated heterocycles. The zero-order valence-corrected chi connectivity index (χ0v) is 12.2. The van der Waals surface area contributed by atoms with Gasteiger partial charge in [0, 0.05) is 39.3 Å². The van der Waals surface area contributed by atoms with Gasteiger partial charge in [-0.25, -0.2) is 0 Å². The number of ether oxygens (including phenoxy) is 2. The number of nitrogens with one attached hydrogen (secondary N) is 1. The second kappa shape index (κ2) is 11.4. The first-order chi connectivity index (χ1) is 8.69. The minimum absolute atomic E-state index is 0.143. The molecule has 0 fully saturated rings. The van der Waals surface area contributed by atoms with Crippen molar-refractivity contribution in [2.75, 3.05) is 39.4 Å². The monoisotopic (exact) mass is 260 g/mol. The molecule has 0 aromatic heterocycles. The summed E-state index contributed by atoms with van der Waals surface area (Å²) in [6.45, 7) is 11.8. The van der Waals surface area contributed by atoms with E-state index in [1.807, 2.05) is 32.6 Å². The predicted molar refractivity (Wildman–Crippen MR) is 72.5 cm³/mol. The molecule has 0 saturated carbocycles. The summed E-state index contributed by atoms with van der Waals surface area (Å²) >= 11 is 0. The molecule has 0 rings (SSSR count). The number of likely N-dealkylation sites (N-methyl/N-ethyl adjacent to an activating group) is 1. The van der Waals surface area contributed by atoms with Crippen molar-refractivity contribution in [2.45, 2.75) is 40.4 Å². The number of nitrogens with zero attached hydrogens (tertiary/aromatic N) is 1. The van der Waals surface area contributed by atoms with E-state index >= 15 is 0 Å². The summed E-state index contributed by atoms with van der Waals surface area (Å²) in [6, 6.07) is 0. The van der Waals surface area contributed by atoms with Crippen LogP contribution in [0.1, 0.15) is 34.1 Å². The van der Waals surface area contributed by atoms with Gasteiger partial charge < -0.3 is 19.7 Å². The fourth-order valence-electron chi connectivity index (χ4n) is 1.69. The zero-order valence-electron chi connectivity index (χ0n) is 12.2. The minimum Gasteiger partial charge on any atom is -0.353 e. The Labute approximate surface area is 111 Å². The van der Waals surface area contributed by atoms with E-state index in [1.54, 1.807) is 0 Å². The number of carbonyl (C=O) groups is 1. The van der Waals surface area contributed by atoms with E-state index in [9.17, 15) is 4.79 Å². The largest absolute Gasteiger partial charge is 0.353 e.